The monoisotopic (exact) mass is 552 g/mol. The summed E-state index contributed by atoms with van der Waals surface area (Å²) in [5.41, 5.74) is 3.25. The minimum absolute atomic E-state index is 0.292. The van der Waals surface area contributed by atoms with E-state index in [9.17, 15) is 4.79 Å². The molecule has 0 radical (unpaired) electrons. The summed E-state index contributed by atoms with van der Waals surface area (Å²) in [7, 11) is 0. The SMILES string of the molecule is CC1(C)OC[C@H]([C@@H](OCc2ccccc2)[C@H](OCc2ccccc2)[C@H](OC(=O)c2ccccc2)c2ccccc2)O1. The molecule has 6 heteroatoms. The van der Waals surface area contributed by atoms with E-state index in [1.54, 1.807) is 12.1 Å². The van der Waals surface area contributed by atoms with E-state index in [1.807, 2.05) is 123 Å². The van der Waals surface area contributed by atoms with Crippen molar-refractivity contribution in [2.45, 2.75) is 57.3 Å². The first-order valence-electron chi connectivity index (χ1n) is 13.9. The first-order valence-corrected chi connectivity index (χ1v) is 13.9. The fourth-order valence-corrected chi connectivity index (χ4v) is 4.90. The lowest BCUT2D eigenvalue weighted by Gasteiger charge is -2.36. The van der Waals surface area contributed by atoms with Crippen molar-refractivity contribution in [3.8, 4) is 0 Å². The third-order valence-corrected chi connectivity index (χ3v) is 6.96. The zero-order valence-electron chi connectivity index (χ0n) is 23.4. The van der Waals surface area contributed by atoms with E-state index in [0.717, 1.165) is 16.7 Å². The van der Waals surface area contributed by atoms with Gasteiger partial charge in [0.2, 0.25) is 0 Å². The Balaban J connectivity index is 1.53. The van der Waals surface area contributed by atoms with Gasteiger partial charge in [0.25, 0.3) is 0 Å². The van der Waals surface area contributed by atoms with Gasteiger partial charge in [0.1, 0.15) is 18.3 Å². The van der Waals surface area contributed by atoms with Crippen LogP contribution in [0.4, 0.5) is 0 Å². The Hall–Kier alpha value is -3.81. The van der Waals surface area contributed by atoms with E-state index in [4.69, 9.17) is 23.7 Å². The lowest BCUT2D eigenvalue weighted by atomic mass is 9.96. The standard InChI is InChI=1S/C35H36O6/c1-35(2)39-25-30(41-35)32(37-23-26-15-7-3-8-16-26)33(38-24-27-17-9-4-10-18-27)31(28-19-11-5-12-20-28)40-34(36)29-21-13-6-14-22-29/h3-22,30-33H,23-25H2,1-2H3/t30-,31-,32-,33-/m1/s1. The van der Waals surface area contributed by atoms with Gasteiger partial charge in [-0.25, -0.2) is 4.79 Å². The minimum atomic E-state index is -0.791. The molecule has 4 aromatic rings. The van der Waals surface area contributed by atoms with Crippen LogP contribution in [0.3, 0.4) is 0 Å². The fourth-order valence-electron chi connectivity index (χ4n) is 4.90. The van der Waals surface area contributed by atoms with Crippen molar-refractivity contribution in [2.75, 3.05) is 6.61 Å². The molecule has 0 aromatic heterocycles. The Morgan fingerprint density at radius 3 is 1.80 bits per heavy atom. The lowest BCUT2D eigenvalue weighted by molar-refractivity contribution is -0.195. The van der Waals surface area contributed by atoms with Gasteiger partial charge >= 0.3 is 5.97 Å². The molecule has 0 spiro atoms. The molecule has 0 aliphatic carbocycles. The Kier molecular flexibility index (Phi) is 9.59. The van der Waals surface area contributed by atoms with E-state index in [2.05, 4.69) is 0 Å². The Morgan fingerprint density at radius 2 is 1.27 bits per heavy atom. The molecule has 6 nitrogen and oxygen atoms in total. The normalized spacial score (nSPS) is 18.3. The summed E-state index contributed by atoms with van der Waals surface area (Å²) < 4.78 is 31.9. The number of carbonyl (C=O) groups is 1. The molecule has 1 aliphatic heterocycles. The van der Waals surface area contributed by atoms with Gasteiger partial charge in [0, 0.05) is 0 Å². The van der Waals surface area contributed by atoms with E-state index in [1.165, 1.54) is 0 Å². The maximum absolute atomic E-state index is 13.5. The van der Waals surface area contributed by atoms with Crippen LogP contribution in [0.2, 0.25) is 0 Å². The highest BCUT2D eigenvalue weighted by Crippen LogP contribution is 2.35. The van der Waals surface area contributed by atoms with Crippen LogP contribution in [0.25, 0.3) is 0 Å². The van der Waals surface area contributed by atoms with E-state index >= 15 is 0 Å². The van der Waals surface area contributed by atoms with E-state index in [-0.39, 0.29) is 0 Å². The molecule has 5 rings (SSSR count). The van der Waals surface area contributed by atoms with Crippen LogP contribution in [0.5, 0.6) is 0 Å². The summed E-state index contributed by atoms with van der Waals surface area (Å²) in [6.45, 7) is 4.69. The Morgan fingerprint density at radius 1 is 0.756 bits per heavy atom. The van der Waals surface area contributed by atoms with Gasteiger partial charge in [-0.1, -0.05) is 109 Å². The van der Waals surface area contributed by atoms with Crippen molar-refractivity contribution in [1.29, 1.82) is 0 Å². The average molecular weight is 553 g/mol. The van der Waals surface area contributed by atoms with Gasteiger partial charge in [-0.3, -0.25) is 0 Å². The summed E-state index contributed by atoms with van der Waals surface area (Å²) in [4.78, 5) is 13.5. The second kappa shape index (κ2) is 13.7. The average Bonchev–Trinajstić information content (AvgIpc) is 3.38. The first kappa shape index (κ1) is 28.7. The van der Waals surface area contributed by atoms with Gasteiger partial charge in [0.05, 0.1) is 25.4 Å². The third kappa shape index (κ3) is 7.90. The molecule has 212 valence electrons. The van der Waals surface area contributed by atoms with Crippen LogP contribution < -0.4 is 0 Å². The van der Waals surface area contributed by atoms with Crippen LogP contribution in [0.15, 0.2) is 121 Å². The third-order valence-electron chi connectivity index (χ3n) is 6.96. The smallest absolute Gasteiger partial charge is 0.338 e. The molecule has 4 atom stereocenters. The number of esters is 1. The van der Waals surface area contributed by atoms with E-state index < -0.39 is 36.2 Å². The molecule has 0 unspecified atom stereocenters. The van der Waals surface area contributed by atoms with Crippen molar-refractivity contribution in [3.63, 3.8) is 0 Å². The maximum Gasteiger partial charge on any atom is 0.338 e. The minimum Gasteiger partial charge on any atom is -0.451 e. The van der Waals surface area contributed by atoms with E-state index in [0.29, 0.717) is 25.4 Å². The topological polar surface area (TPSA) is 63.2 Å². The molecule has 0 saturated carbocycles. The van der Waals surface area contributed by atoms with Crippen LogP contribution in [0.1, 0.15) is 47.0 Å². The summed E-state index contributed by atoms with van der Waals surface area (Å²) in [5, 5.41) is 0. The zero-order chi connectivity index (χ0) is 28.5. The summed E-state index contributed by atoms with van der Waals surface area (Å²) in [6, 6.07) is 38.5. The highest BCUT2D eigenvalue weighted by Gasteiger charge is 2.46. The van der Waals surface area contributed by atoms with Gasteiger partial charge in [0.15, 0.2) is 11.9 Å². The summed E-state index contributed by atoms with van der Waals surface area (Å²) in [6.07, 6.45) is -2.61. The number of carbonyl (C=O) groups excluding carboxylic acids is 1. The van der Waals surface area contributed by atoms with Crippen molar-refractivity contribution in [1.82, 2.24) is 0 Å². The van der Waals surface area contributed by atoms with Crippen molar-refractivity contribution in [2.24, 2.45) is 0 Å². The quantitative estimate of drug-likeness (QED) is 0.178. The van der Waals surface area contributed by atoms with Crippen molar-refractivity contribution in [3.05, 3.63) is 144 Å². The molecule has 0 N–H and O–H groups in total. The number of ether oxygens (including phenoxy) is 5. The van der Waals surface area contributed by atoms with Crippen LogP contribution in [-0.4, -0.2) is 36.7 Å². The van der Waals surface area contributed by atoms with Gasteiger partial charge < -0.3 is 23.7 Å². The lowest BCUT2D eigenvalue weighted by Crippen LogP contribution is -2.47. The number of benzene rings is 4. The van der Waals surface area contributed by atoms with Crippen molar-refractivity contribution < 1.29 is 28.5 Å². The number of hydrogen-bond acceptors (Lipinski definition) is 6. The molecule has 1 aliphatic rings. The molecular weight excluding hydrogens is 516 g/mol. The molecule has 0 bridgehead atoms. The van der Waals surface area contributed by atoms with Gasteiger partial charge in [-0.15, -0.1) is 0 Å². The largest absolute Gasteiger partial charge is 0.451 e. The molecule has 0 amide bonds. The second-order valence-corrected chi connectivity index (χ2v) is 10.5. The summed E-state index contributed by atoms with van der Waals surface area (Å²) in [5.74, 6) is -1.23. The maximum atomic E-state index is 13.5. The molecule has 4 aromatic carbocycles. The first-order chi connectivity index (χ1) is 20.0. The molecule has 1 saturated heterocycles. The zero-order valence-corrected chi connectivity index (χ0v) is 23.4. The number of rotatable bonds is 12. The van der Waals surface area contributed by atoms with Gasteiger partial charge in [-0.2, -0.15) is 0 Å². The Bertz CT molecular complexity index is 1340. The summed E-state index contributed by atoms with van der Waals surface area (Å²) >= 11 is 0. The molecular formula is C35H36O6. The predicted molar refractivity (Wildman–Crippen MR) is 156 cm³/mol. The fraction of sp³-hybridized carbons (Fsp3) is 0.286. The van der Waals surface area contributed by atoms with Crippen LogP contribution in [0, 0.1) is 0 Å². The van der Waals surface area contributed by atoms with Crippen LogP contribution in [-0.2, 0) is 36.9 Å². The molecule has 1 heterocycles. The highest BCUT2D eigenvalue weighted by atomic mass is 16.8. The molecule has 1 fully saturated rings. The van der Waals surface area contributed by atoms with Crippen molar-refractivity contribution >= 4 is 5.97 Å². The second-order valence-electron chi connectivity index (χ2n) is 10.5. The molecule has 41 heavy (non-hydrogen) atoms. The Labute approximate surface area is 241 Å². The van der Waals surface area contributed by atoms with Gasteiger partial charge in [-0.05, 0) is 42.7 Å². The highest BCUT2D eigenvalue weighted by molar-refractivity contribution is 5.89. The number of hydrogen-bond donors (Lipinski definition) is 0. The predicted octanol–water partition coefficient (Wildman–Crippen LogP) is 6.91. The van der Waals surface area contributed by atoms with Crippen LogP contribution >= 0.6 is 0 Å².